The van der Waals surface area contributed by atoms with E-state index in [0.717, 1.165) is 6.42 Å². The number of carbonyl (C=O) groups is 1. The number of aliphatic carboxylic acids is 1. The standard InChI is InChI=1S/C8H14O4/c1-11-7-5-12-3-2-6(7)4-8(9)10/h6-7H,2-5H2,1H3,(H,9,10)/t6-,7-/m0/s1. The van der Waals surface area contributed by atoms with Crippen molar-refractivity contribution < 1.29 is 19.4 Å². The molecule has 1 saturated heterocycles. The Balaban J connectivity index is 2.41. The molecule has 0 radical (unpaired) electrons. The summed E-state index contributed by atoms with van der Waals surface area (Å²) in [5.41, 5.74) is 0. The minimum atomic E-state index is -0.760. The Bertz CT molecular complexity index is 157. The monoisotopic (exact) mass is 174 g/mol. The third-order valence-electron chi connectivity index (χ3n) is 2.18. The molecule has 12 heavy (non-hydrogen) atoms. The fourth-order valence-corrected chi connectivity index (χ4v) is 1.47. The Morgan fingerprint density at radius 2 is 2.50 bits per heavy atom. The summed E-state index contributed by atoms with van der Waals surface area (Å²) >= 11 is 0. The van der Waals surface area contributed by atoms with E-state index >= 15 is 0 Å². The van der Waals surface area contributed by atoms with Crippen molar-refractivity contribution in [2.24, 2.45) is 5.92 Å². The second kappa shape index (κ2) is 4.42. The van der Waals surface area contributed by atoms with E-state index in [-0.39, 0.29) is 18.4 Å². The molecule has 0 aromatic rings. The molecule has 0 saturated carbocycles. The van der Waals surface area contributed by atoms with Crippen LogP contribution in [0.25, 0.3) is 0 Å². The zero-order chi connectivity index (χ0) is 8.97. The van der Waals surface area contributed by atoms with Crippen LogP contribution in [0.3, 0.4) is 0 Å². The molecule has 1 N–H and O–H groups in total. The largest absolute Gasteiger partial charge is 0.481 e. The zero-order valence-corrected chi connectivity index (χ0v) is 7.16. The molecule has 0 spiro atoms. The summed E-state index contributed by atoms with van der Waals surface area (Å²) in [6, 6.07) is 0. The summed E-state index contributed by atoms with van der Waals surface area (Å²) in [7, 11) is 1.59. The highest BCUT2D eigenvalue weighted by Gasteiger charge is 2.27. The molecule has 70 valence electrons. The van der Waals surface area contributed by atoms with Crippen LogP contribution >= 0.6 is 0 Å². The van der Waals surface area contributed by atoms with Gasteiger partial charge in [-0.25, -0.2) is 0 Å². The molecule has 1 rings (SSSR count). The molecule has 2 atom stereocenters. The molecule has 1 aliphatic rings. The van der Waals surface area contributed by atoms with Crippen LogP contribution in [0.15, 0.2) is 0 Å². The highest BCUT2D eigenvalue weighted by atomic mass is 16.5. The smallest absolute Gasteiger partial charge is 0.303 e. The molecule has 0 unspecified atom stereocenters. The second-order valence-corrected chi connectivity index (χ2v) is 3.00. The normalized spacial score (nSPS) is 30.1. The first kappa shape index (κ1) is 9.48. The van der Waals surface area contributed by atoms with E-state index in [1.807, 2.05) is 0 Å². The molecule has 1 fully saturated rings. The molecule has 0 bridgehead atoms. The van der Waals surface area contributed by atoms with Crippen LogP contribution in [0.1, 0.15) is 12.8 Å². The van der Waals surface area contributed by atoms with Crippen molar-refractivity contribution in [2.75, 3.05) is 20.3 Å². The van der Waals surface area contributed by atoms with Crippen molar-refractivity contribution >= 4 is 5.97 Å². The average Bonchev–Trinajstić information content (AvgIpc) is 2.04. The number of carboxylic acids is 1. The van der Waals surface area contributed by atoms with Gasteiger partial charge in [0.1, 0.15) is 0 Å². The highest BCUT2D eigenvalue weighted by Crippen LogP contribution is 2.21. The van der Waals surface area contributed by atoms with Crippen molar-refractivity contribution in [2.45, 2.75) is 18.9 Å². The minimum absolute atomic E-state index is 0.0464. The molecule has 4 nitrogen and oxygen atoms in total. The van der Waals surface area contributed by atoms with Gasteiger partial charge in [-0.3, -0.25) is 4.79 Å². The third-order valence-corrected chi connectivity index (χ3v) is 2.18. The van der Waals surface area contributed by atoms with E-state index < -0.39 is 5.97 Å². The predicted molar refractivity (Wildman–Crippen MR) is 42.0 cm³/mol. The van der Waals surface area contributed by atoms with Crippen LogP contribution in [0.4, 0.5) is 0 Å². The molecule has 1 aliphatic heterocycles. The maximum atomic E-state index is 10.4. The molecule has 0 aliphatic carbocycles. The van der Waals surface area contributed by atoms with Gasteiger partial charge in [-0.15, -0.1) is 0 Å². The number of methoxy groups -OCH3 is 1. The van der Waals surface area contributed by atoms with Crippen molar-refractivity contribution in [3.8, 4) is 0 Å². The van der Waals surface area contributed by atoms with Gasteiger partial charge in [-0.2, -0.15) is 0 Å². The van der Waals surface area contributed by atoms with E-state index in [2.05, 4.69) is 0 Å². The van der Waals surface area contributed by atoms with Crippen LogP contribution < -0.4 is 0 Å². The summed E-state index contributed by atoms with van der Waals surface area (Å²) in [5.74, 6) is -0.648. The quantitative estimate of drug-likeness (QED) is 0.677. The molecule has 0 amide bonds. The van der Waals surface area contributed by atoms with Crippen molar-refractivity contribution in [3.05, 3.63) is 0 Å². The van der Waals surface area contributed by atoms with Gasteiger partial charge in [0.2, 0.25) is 0 Å². The Hall–Kier alpha value is -0.610. The van der Waals surface area contributed by atoms with Gasteiger partial charge in [0.15, 0.2) is 0 Å². The molecule has 0 aromatic carbocycles. The van der Waals surface area contributed by atoms with Gasteiger partial charge < -0.3 is 14.6 Å². The maximum absolute atomic E-state index is 10.4. The Morgan fingerprint density at radius 3 is 3.08 bits per heavy atom. The SMILES string of the molecule is CO[C@H]1COCC[C@H]1CC(=O)O. The fourth-order valence-electron chi connectivity index (χ4n) is 1.47. The Labute approximate surface area is 71.5 Å². The first-order chi connectivity index (χ1) is 5.74. The van der Waals surface area contributed by atoms with E-state index in [0.29, 0.717) is 13.2 Å². The van der Waals surface area contributed by atoms with Crippen molar-refractivity contribution in [3.63, 3.8) is 0 Å². The zero-order valence-electron chi connectivity index (χ0n) is 7.16. The van der Waals surface area contributed by atoms with Crippen LogP contribution in [-0.4, -0.2) is 37.5 Å². The van der Waals surface area contributed by atoms with Crippen LogP contribution in [0.5, 0.6) is 0 Å². The lowest BCUT2D eigenvalue weighted by atomic mass is 9.94. The van der Waals surface area contributed by atoms with Gasteiger partial charge in [0.05, 0.1) is 19.1 Å². The van der Waals surface area contributed by atoms with Crippen LogP contribution in [0, 0.1) is 5.92 Å². The summed E-state index contributed by atoms with van der Waals surface area (Å²) in [4.78, 5) is 10.4. The molecular formula is C8H14O4. The van der Waals surface area contributed by atoms with Crippen LogP contribution in [0.2, 0.25) is 0 Å². The molecule has 1 heterocycles. The van der Waals surface area contributed by atoms with Gasteiger partial charge in [0.25, 0.3) is 0 Å². The predicted octanol–water partition coefficient (Wildman–Crippen LogP) is 0.513. The van der Waals surface area contributed by atoms with E-state index in [9.17, 15) is 4.79 Å². The van der Waals surface area contributed by atoms with Gasteiger partial charge >= 0.3 is 5.97 Å². The van der Waals surface area contributed by atoms with Crippen molar-refractivity contribution in [1.29, 1.82) is 0 Å². The molecule has 4 heteroatoms. The summed E-state index contributed by atoms with van der Waals surface area (Å²) < 4.78 is 10.3. The van der Waals surface area contributed by atoms with E-state index in [1.54, 1.807) is 7.11 Å². The lowest BCUT2D eigenvalue weighted by Crippen LogP contribution is -2.35. The first-order valence-electron chi connectivity index (χ1n) is 4.06. The van der Waals surface area contributed by atoms with E-state index in [4.69, 9.17) is 14.6 Å². The van der Waals surface area contributed by atoms with Crippen molar-refractivity contribution in [1.82, 2.24) is 0 Å². The highest BCUT2D eigenvalue weighted by molar-refractivity contribution is 5.67. The first-order valence-corrected chi connectivity index (χ1v) is 4.06. The average molecular weight is 174 g/mol. The second-order valence-electron chi connectivity index (χ2n) is 3.00. The Morgan fingerprint density at radius 1 is 1.75 bits per heavy atom. The number of rotatable bonds is 3. The van der Waals surface area contributed by atoms with E-state index in [1.165, 1.54) is 0 Å². The third kappa shape index (κ3) is 2.46. The number of carboxylic acid groups (broad SMARTS) is 1. The lowest BCUT2D eigenvalue weighted by Gasteiger charge is -2.29. The summed E-state index contributed by atoms with van der Waals surface area (Å²) in [6.07, 6.45) is 0.919. The van der Waals surface area contributed by atoms with Gasteiger partial charge in [-0.1, -0.05) is 0 Å². The lowest BCUT2D eigenvalue weighted by molar-refractivity contribution is -0.142. The maximum Gasteiger partial charge on any atom is 0.303 e. The summed E-state index contributed by atoms with van der Waals surface area (Å²) in [5, 5.41) is 8.58. The number of hydrogen-bond acceptors (Lipinski definition) is 3. The minimum Gasteiger partial charge on any atom is -0.481 e. The fraction of sp³-hybridized carbons (Fsp3) is 0.875. The molecular weight excluding hydrogens is 160 g/mol. The molecule has 0 aromatic heterocycles. The number of hydrogen-bond donors (Lipinski definition) is 1. The number of ether oxygens (including phenoxy) is 2. The summed E-state index contributed by atoms with van der Waals surface area (Å²) in [6.45, 7) is 1.17. The van der Waals surface area contributed by atoms with Crippen LogP contribution in [-0.2, 0) is 14.3 Å². The Kier molecular flexibility index (Phi) is 3.49. The topological polar surface area (TPSA) is 55.8 Å². The van der Waals surface area contributed by atoms with Gasteiger partial charge in [0, 0.05) is 13.7 Å². The van der Waals surface area contributed by atoms with Gasteiger partial charge in [-0.05, 0) is 12.3 Å².